The predicted octanol–water partition coefficient (Wildman–Crippen LogP) is 2.08. The first-order valence-electron chi connectivity index (χ1n) is 3.00. The Labute approximate surface area is 76.9 Å². The molecule has 0 spiro atoms. The van der Waals surface area contributed by atoms with Gasteiger partial charge in [0.05, 0.1) is 0 Å². The van der Waals surface area contributed by atoms with E-state index >= 15 is 0 Å². The van der Waals surface area contributed by atoms with Crippen molar-refractivity contribution in [2.75, 3.05) is 0 Å². The average molecular weight is 264 g/mol. The first-order chi connectivity index (χ1) is 4.83. The molecule has 66 valence electrons. The first kappa shape index (κ1) is 11.4. The third-order valence-corrected chi connectivity index (χ3v) is 6.57. The van der Waals surface area contributed by atoms with Gasteiger partial charge in [0, 0.05) is 0 Å². The summed E-state index contributed by atoms with van der Waals surface area (Å²) in [5.41, 5.74) is 0. The number of ketones is 2. The van der Waals surface area contributed by atoms with E-state index in [0.29, 0.717) is 0 Å². The van der Waals surface area contributed by atoms with Gasteiger partial charge in [0.2, 0.25) is 0 Å². The van der Waals surface area contributed by atoms with Crippen LogP contribution in [0.2, 0.25) is 10.6 Å². The minimum absolute atomic E-state index is 0.0451. The van der Waals surface area contributed by atoms with Crippen LogP contribution in [0, 0.1) is 0 Å². The third-order valence-electron chi connectivity index (χ3n) is 0.829. The molecule has 0 fully saturated rings. The van der Waals surface area contributed by atoms with Crippen molar-refractivity contribution >= 4 is 42.8 Å². The van der Waals surface area contributed by atoms with Crippen molar-refractivity contribution in [1.82, 2.24) is 0 Å². The van der Waals surface area contributed by atoms with E-state index in [2.05, 4.69) is 0 Å². The molecule has 0 aromatic carbocycles. The van der Waals surface area contributed by atoms with Crippen LogP contribution in [-0.4, -0.2) is 22.6 Å². The molecule has 0 aromatic heterocycles. The van der Waals surface area contributed by atoms with E-state index in [0.717, 1.165) is 0 Å². The Morgan fingerprint density at radius 2 is 1.36 bits per heavy atom. The number of hydrogen-bond donors (Lipinski definition) is 0. The molecule has 0 unspecified atom stereocenters. The molecule has 2 nitrogen and oxygen atoms in total. The fourth-order valence-electron chi connectivity index (χ4n) is 0.646. The number of Topliss-reactive ketones (excluding diaryl/α,β-unsaturated/α-hetero) is 2. The maximum absolute atomic E-state index is 10.6. The van der Waals surface area contributed by atoms with Gasteiger partial charge in [-0.3, -0.25) is 0 Å². The number of hydrogen-bond acceptors (Lipinski definition) is 2. The molecule has 0 amide bonds. The van der Waals surface area contributed by atoms with Gasteiger partial charge in [-0.05, 0) is 0 Å². The van der Waals surface area contributed by atoms with Crippen LogP contribution in [-0.2, 0) is 9.59 Å². The van der Waals surface area contributed by atoms with Gasteiger partial charge >= 0.3 is 76.9 Å². The van der Waals surface area contributed by atoms with Crippen molar-refractivity contribution in [2.45, 2.75) is 24.5 Å². The van der Waals surface area contributed by atoms with Crippen molar-refractivity contribution in [3.8, 4) is 0 Å². The summed E-state index contributed by atoms with van der Waals surface area (Å²) in [5.74, 6) is -0.0903. The van der Waals surface area contributed by atoms with Gasteiger partial charge in [0.15, 0.2) is 0 Å². The molecular weight excluding hydrogens is 254 g/mol. The third kappa shape index (κ3) is 6.82. The molecule has 0 atom stereocenters. The Kier molecular flexibility index (Phi) is 4.64. The minimum atomic E-state index is -2.76. The zero-order chi connectivity index (χ0) is 9.07. The average Bonchev–Trinajstić information content (AvgIpc) is 1.53. The van der Waals surface area contributed by atoms with E-state index in [9.17, 15) is 9.59 Å². The van der Waals surface area contributed by atoms with Gasteiger partial charge in [-0.2, -0.15) is 0 Å². The van der Waals surface area contributed by atoms with Gasteiger partial charge in [0.1, 0.15) is 0 Å². The quantitative estimate of drug-likeness (QED) is 0.728. The van der Waals surface area contributed by atoms with Crippen LogP contribution in [0.5, 0.6) is 0 Å². The molecule has 0 aliphatic rings. The van der Waals surface area contributed by atoms with E-state index < -0.39 is 11.0 Å². The van der Waals surface area contributed by atoms with E-state index in [1.165, 1.54) is 13.8 Å². The molecule has 5 heteroatoms. The number of carbonyl (C=O) groups is 2. The van der Waals surface area contributed by atoms with Gasteiger partial charge in [-0.15, -0.1) is 0 Å². The molecular formula is C6H10Cl2O2Se. The van der Waals surface area contributed by atoms with Crippen LogP contribution < -0.4 is 0 Å². The zero-order valence-electron chi connectivity index (χ0n) is 6.39. The van der Waals surface area contributed by atoms with Crippen molar-refractivity contribution in [3.63, 3.8) is 0 Å². The van der Waals surface area contributed by atoms with E-state index in [1.807, 2.05) is 0 Å². The van der Waals surface area contributed by atoms with Gasteiger partial charge in [0.25, 0.3) is 0 Å². The number of rotatable bonds is 4. The van der Waals surface area contributed by atoms with Crippen LogP contribution >= 0.6 is 20.2 Å². The Hall–Kier alpha value is 0.439. The number of carbonyl (C=O) groups excluding carboxylic acids is 2. The van der Waals surface area contributed by atoms with Crippen molar-refractivity contribution < 1.29 is 9.59 Å². The monoisotopic (exact) mass is 264 g/mol. The van der Waals surface area contributed by atoms with E-state index in [4.69, 9.17) is 20.2 Å². The fraction of sp³-hybridized carbons (Fsp3) is 0.667. The van der Waals surface area contributed by atoms with Crippen molar-refractivity contribution in [3.05, 3.63) is 0 Å². The first-order valence-corrected chi connectivity index (χ1v) is 9.93. The van der Waals surface area contributed by atoms with Crippen LogP contribution in [0.4, 0.5) is 0 Å². The zero-order valence-corrected chi connectivity index (χ0v) is 9.62. The van der Waals surface area contributed by atoms with Crippen molar-refractivity contribution in [2.24, 2.45) is 0 Å². The fourth-order valence-corrected chi connectivity index (χ4v) is 6.55. The Morgan fingerprint density at radius 1 is 1.09 bits per heavy atom. The second-order valence-corrected chi connectivity index (χ2v) is 13.5. The van der Waals surface area contributed by atoms with Gasteiger partial charge in [-0.1, -0.05) is 0 Å². The molecule has 0 saturated carbocycles. The van der Waals surface area contributed by atoms with Crippen LogP contribution in [0.25, 0.3) is 0 Å². The molecule has 0 heterocycles. The van der Waals surface area contributed by atoms with Crippen molar-refractivity contribution in [1.29, 1.82) is 0 Å². The van der Waals surface area contributed by atoms with E-state index in [1.54, 1.807) is 0 Å². The Balaban J connectivity index is 3.99. The molecule has 11 heavy (non-hydrogen) atoms. The molecule has 0 aliphatic heterocycles. The number of halogens is 2. The summed E-state index contributed by atoms with van der Waals surface area (Å²) in [5, 5.41) is 0.360. The summed E-state index contributed by atoms with van der Waals surface area (Å²) in [6.45, 7) is 2.86. The summed E-state index contributed by atoms with van der Waals surface area (Å²) >= 11 is -2.76. The second-order valence-electron chi connectivity index (χ2n) is 2.39. The molecule has 0 rings (SSSR count). The Bertz CT molecular complexity index is 161. The molecule has 0 aromatic rings. The molecule has 0 aliphatic carbocycles. The second kappa shape index (κ2) is 4.46. The summed E-state index contributed by atoms with van der Waals surface area (Å²) in [7, 11) is 11.6. The summed E-state index contributed by atoms with van der Waals surface area (Å²) in [6, 6.07) is 0. The predicted molar refractivity (Wildman–Crippen MR) is 48.4 cm³/mol. The van der Waals surface area contributed by atoms with Crippen LogP contribution in [0.1, 0.15) is 13.8 Å². The molecule has 0 bridgehead atoms. The van der Waals surface area contributed by atoms with Crippen LogP contribution in [0.3, 0.4) is 0 Å². The molecule has 0 saturated heterocycles. The maximum atomic E-state index is 10.6. The molecule has 0 N–H and O–H groups in total. The Morgan fingerprint density at radius 3 is 1.55 bits per heavy atom. The standard InChI is InChI=1S/C6H10Cl2O2Se/c1-5(9)3-11(7,8)4-6(2)10/h3-4H2,1-2H3. The normalized spacial score (nSPS) is 12.7. The summed E-state index contributed by atoms with van der Waals surface area (Å²) in [6.07, 6.45) is 0. The topological polar surface area (TPSA) is 34.1 Å². The van der Waals surface area contributed by atoms with Gasteiger partial charge < -0.3 is 0 Å². The molecule has 0 radical (unpaired) electrons. The van der Waals surface area contributed by atoms with Gasteiger partial charge in [-0.25, -0.2) is 0 Å². The van der Waals surface area contributed by atoms with Crippen LogP contribution in [0.15, 0.2) is 0 Å². The SMILES string of the molecule is CC(=O)C[Se](Cl)(Cl)CC(C)=O. The van der Waals surface area contributed by atoms with E-state index in [-0.39, 0.29) is 22.2 Å². The summed E-state index contributed by atoms with van der Waals surface area (Å²) in [4.78, 5) is 21.2. The summed E-state index contributed by atoms with van der Waals surface area (Å²) < 4.78 is 0.